The second kappa shape index (κ2) is 6.80. The third-order valence-corrected chi connectivity index (χ3v) is 4.14. The van der Waals surface area contributed by atoms with Crippen LogP contribution in [0.2, 0.25) is 10.0 Å². The lowest BCUT2D eigenvalue weighted by molar-refractivity contribution is 0.0543. The van der Waals surface area contributed by atoms with E-state index in [1.165, 1.54) is 0 Å². The van der Waals surface area contributed by atoms with Crippen molar-refractivity contribution in [2.24, 2.45) is 0 Å². The molecule has 0 radical (unpaired) electrons. The minimum absolute atomic E-state index is 0.0185. The van der Waals surface area contributed by atoms with E-state index in [9.17, 15) is 5.11 Å². The van der Waals surface area contributed by atoms with E-state index >= 15 is 0 Å². The normalized spacial score (nSPS) is 15.5. The van der Waals surface area contributed by atoms with Crippen LogP contribution in [-0.4, -0.2) is 11.7 Å². The summed E-state index contributed by atoms with van der Waals surface area (Å²) in [7, 11) is 0. The van der Waals surface area contributed by atoms with E-state index in [2.05, 4.69) is 5.32 Å². The molecule has 21 heavy (non-hydrogen) atoms. The first-order chi connectivity index (χ1) is 9.90. The third-order valence-electron chi connectivity index (χ3n) is 3.58. The summed E-state index contributed by atoms with van der Waals surface area (Å²) in [5, 5.41) is 15.1. The van der Waals surface area contributed by atoms with Gasteiger partial charge in [0.25, 0.3) is 0 Å². The molecule has 0 aliphatic carbocycles. The maximum Gasteiger partial charge on any atom is 0.0992 e. The van der Waals surface area contributed by atoms with Crippen LogP contribution in [-0.2, 0) is 5.60 Å². The molecule has 2 N–H and O–H groups in total. The fraction of sp³-hybridized carbons (Fsp3) is 0.294. The summed E-state index contributed by atoms with van der Waals surface area (Å²) in [6.07, 6.45) is 0. The second-order valence-electron chi connectivity index (χ2n) is 5.41. The monoisotopic (exact) mass is 323 g/mol. The number of rotatable bonds is 5. The highest BCUT2D eigenvalue weighted by Crippen LogP contribution is 2.27. The van der Waals surface area contributed by atoms with Crippen molar-refractivity contribution in [2.75, 3.05) is 6.54 Å². The molecule has 0 saturated heterocycles. The lowest BCUT2D eigenvalue weighted by atomic mass is 9.95. The Morgan fingerprint density at radius 1 is 1.14 bits per heavy atom. The molecule has 0 amide bonds. The number of benzene rings is 2. The smallest absolute Gasteiger partial charge is 0.0992 e. The van der Waals surface area contributed by atoms with E-state index in [1.54, 1.807) is 13.0 Å². The van der Waals surface area contributed by atoms with Crippen LogP contribution < -0.4 is 5.32 Å². The van der Waals surface area contributed by atoms with Gasteiger partial charge in [0.1, 0.15) is 0 Å². The van der Waals surface area contributed by atoms with Crippen molar-refractivity contribution in [2.45, 2.75) is 25.5 Å². The Morgan fingerprint density at radius 2 is 1.81 bits per heavy atom. The van der Waals surface area contributed by atoms with Crippen LogP contribution in [0.25, 0.3) is 0 Å². The Kier molecular flexibility index (Phi) is 5.28. The summed E-state index contributed by atoms with van der Waals surface area (Å²) in [6.45, 7) is 4.23. The van der Waals surface area contributed by atoms with Gasteiger partial charge >= 0.3 is 0 Å². The largest absolute Gasteiger partial charge is 0.384 e. The predicted molar refractivity (Wildman–Crippen MR) is 88.9 cm³/mol. The van der Waals surface area contributed by atoms with Gasteiger partial charge in [-0.2, -0.15) is 0 Å². The first kappa shape index (κ1) is 16.3. The number of aliphatic hydroxyl groups is 1. The standard InChI is InChI=1S/C17H19Cl2NO/c1-12(15-9-8-14(18)10-16(15)19)20-11-17(2,21)13-6-4-3-5-7-13/h3-10,12,20-21H,11H2,1-2H3. The molecule has 0 heterocycles. The van der Waals surface area contributed by atoms with E-state index in [4.69, 9.17) is 23.2 Å². The lowest BCUT2D eigenvalue weighted by Crippen LogP contribution is -2.36. The first-order valence-corrected chi connectivity index (χ1v) is 7.62. The second-order valence-corrected chi connectivity index (χ2v) is 6.25. The molecule has 112 valence electrons. The van der Waals surface area contributed by atoms with Gasteiger partial charge < -0.3 is 10.4 Å². The molecule has 2 atom stereocenters. The van der Waals surface area contributed by atoms with Crippen molar-refractivity contribution < 1.29 is 5.11 Å². The minimum Gasteiger partial charge on any atom is -0.384 e. The highest BCUT2D eigenvalue weighted by Gasteiger charge is 2.23. The maximum atomic E-state index is 10.6. The molecule has 2 rings (SSSR count). The molecule has 0 fully saturated rings. The zero-order valence-electron chi connectivity index (χ0n) is 12.1. The summed E-state index contributed by atoms with van der Waals surface area (Å²) in [4.78, 5) is 0. The van der Waals surface area contributed by atoms with Gasteiger partial charge in [-0.15, -0.1) is 0 Å². The molecule has 0 saturated carbocycles. The van der Waals surface area contributed by atoms with Gasteiger partial charge in [0.15, 0.2) is 0 Å². The molecule has 0 spiro atoms. The Balaban J connectivity index is 2.05. The molecule has 0 aliphatic heterocycles. The summed E-state index contributed by atoms with van der Waals surface area (Å²) >= 11 is 12.1. The molecule has 0 bridgehead atoms. The van der Waals surface area contributed by atoms with Crippen LogP contribution >= 0.6 is 23.2 Å². The predicted octanol–water partition coefficient (Wildman–Crippen LogP) is 4.55. The van der Waals surface area contributed by atoms with Gasteiger partial charge in [0, 0.05) is 22.6 Å². The number of hydrogen-bond donors (Lipinski definition) is 2. The topological polar surface area (TPSA) is 32.3 Å². The average molecular weight is 324 g/mol. The summed E-state index contributed by atoms with van der Waals surface area (Å²) in [5.74, 6) is 0. The maximum absolute atomic E-state index is 10.6. The number of halogens is 2. The zero-order chi connectivity index (χ0) is 15.5. The van der Waals surface area contributed by atoms with Crippen molar-refractivity contribution in [1.82, 2.24) is 5.32 Å². The fourth-order valence-corrected chi connectivity index (χ4v) is 2.79. The Hall–Kier alpha value is -1.06. The molecular formula is C17H19Cl2NO. The molecule has 0 aliphatic rings. The van der Waals surface area contributed by atoms with E-state index in [-0.39, 0.29) is 6.04 Å². The molecule has 0 aromatic heterocycles. The third kappa shape index (κ3) is 4.21. The summed E-state index contributed by atoms with van der Waals surface area (Å²) in [6, 6.07) is 15.1. The van der Waals surface area contributed by atoms with Gasteiger partial charge in [-0.05, 0) is 37.1 Å². The van der Waals surface area contributed by atoms with Gasteiger partial charge in [0.2, 0.25) is 0 Å². The van der Waals surface area contributed by atoms with Gasteiger partial charge in [-0.3, -0.25) is 0 Å². The quantitative estimate of drug-likeness (QED) is 0.845. The van der Waals surface area contributed by atoms with Crippen molar-refractivity contribution in [3.05, 3.63) is 69.7 Å². The van der Waals surface area contributed by atoms with E-state index in [1.807, 2.05) is 49.4 Å². The van der Waals surface area contributed by atoms with Crippen LogP contribution in [0.15, 0.2) is 48.5 Å². The molecule has 2 aromatic rings. The van der Waals surface area contributed by atoms with Crippen LogP contribution in [0, 0.1) is 0 Å². The highest BCUT2D eigenvalue weighted by molar-refractivity contribution is 6.35. The van der Waals surface area contributed by atoms with Crippen LogP contribution in [0.1, 0.15) is 31.0 Å². The Morgan fingerprint density at radius 3 is 2.43 bits per heavy atom. The van der Waals surface area contributed by atoms with Crippen molar-refractivity contribution >= 4 is 23.2 Å². The SMILES string of the molecule is CC(NCC(C)(O)c1ccccc1)c1ccc(Cl)cc1Cl. The zero-order valence-corrected chi connectivity index (χ0v) is 13.6. The van der Waals surface area contributed by atoms with E-state index in [0.29, 0.717) is 16.6 Å². The molecule has 2 nitrogen and oxygen atoms in total. The highest BCUT2D eigenvalue weighted by atomic mass is 35.5. The summed E-state index contributed by atoms with van der Waals surface area (Å²) in [5.41, 5.74) is 0.908. The van der Waals surface area contributed by atoms with Crippen molar-refractivity contribution in [3.63, 3.8) is 0 Å². The van der Waals surface area contributed by atoms with Gasteiger partial charge in [0.05, 0.1) is 5.60 Å². The molecular weight excluding hydrogens is 305 g/mol. The van der Waals surface area contributed by atoms with Crippen LogP contribution in [0.5, 0.6) is 0 Å². The fourth-order valence-electron chi connectivity index (χ4n) is 2.21. The average Bonchev–Trinajstić information content (AvgIpc) is 2.46. The molecule has 2 unspecified atom stereocenters. The number of hydrogen-bond acceptors (Lipinski definition) is 2. The van der Waals surface area contributed by atoms with Crippen LogP contribution in [0.4, 0.5) is 0 Å². The van der Waals surface area contributed by atoms with Crippen LogP contribution in [0.3, 0.4) is 0 Å². The van der Waals surface area contributed by atoms with Gasteiger partial charge in [-0.1, -0.05) is 59.6 Å². The van der Waals surface area contributed by atoms with Crippen molar-refractivity contribution in [1.29, 1.82) is 0 Å². The van der Waals surface area contributed by atoms with Crippen molar-refractivity contribution in [3.8, 4) is 0 Å². The Bertz CT molecular complexity index is 599. The van der Waals surface area contributed by atoms with E-state index in [0.717, 1.165) is 11.1 Å². The molecule has 2 aromatic carbocycles. The number of nitrogens with one attached hydrogen (secondary N) is 1. The minimum atomic E-state index is -0.936. The first-order valence-electron chi connectivity index (χ1n) is 6.86. The van der Waals surface area contributed by atoms with Gasteiger partial charge in [-0.25, -0.2) is 0 Å². The van der Waals surface area contributed by atoms with E-state index < -0.39 is 5.60 Å². The lowest BCUT2D eigenvalue weighted by Gasteiger charge is -2.27. The Labute approximate surface area is 135 Å². The molecule has 4 heteroatoms. The summed E-state index contributed by atoms with van der Waals surface area (Å²) < 4.78 is 0.